The van der Waals surface area contributed by atoms with Gasteiger partial charge in [-0.25, -0.2) is 0 Å². The van der Waals surface area contributed by atoms with E-state index in [9.17, 15) is 4.79 Å². The first kappa shape index (κ1) is 9.72. The summed E-state index contributed by atoms with van der Waals surface area (Å²) in [5.41, 5.74) is 0.0975. The number of nitriles is 1. The Balaban J connectivity index is 2.25. The van der Waals surface area contributed by atoms with E-state index in [1.165, 1.54) is 7.11 Å². The Hall–Kier alpha value is -1.82. The third kappa shape index (κ3) is 1.39. The van der Waals surface area contributed by atoms with Crippen LogP contribution in [0, 0.1) is 16.7 Å². The van der Waals surface area contributed by atoms with Crippen molar-refractivity contribution in [2.45, 2.75) is 12.3 Å². The van der Waals surface area contributed by atoms with E-state index in [1.807, 2.05) is 30.3 Å². The molecule has 2 atom stereocenters. The fourth-order valence-corrected chi connectivity index (χ4v) is 1.93. The van der Waals surface area contributed by atoms with Gasteiger partial charge in [-0.05, 0) is 12.0 Å². The summed E-state index contributed by atoms with van der Waals surface area (Å²) in [4.78, 5) is 11.5. The third-order valence-electron chi connectivity index (χ3n) is 2.91. The zero-order valence-corrected chi connectivity index (χ0v) is 8.43. The molecule has 1 saturated carbocycles. The molecule has 1 aromatic carbocycles. The maximum absolute atomic E-state index is 11.5. The summed E-state index contributed by atoms with van der Waals surface area (Å²) in [6, 6.07) is 11.7. The molecule has 3 heteroatoms. The van der Waals surface area contributed by atoms with Gasteiger partial charge in [0.25, 0.3) is 0 Å². The van der Waals surface area contributed by atoms with Crippen LogP contribution in [-0.4, -0.2) is 13.1 Å². The van der Waals surface area contributed by atoms with Crippen LogP contribution in [0.15, 0.2) is 30.3 Å². The highest BCUT2D eigenvalue weighted by Gasteiger charge is 2.62. The van der Waals surface area contributed by atoms with Gasteiger partial charge in [-0.2, -0.15) is 5.26 Å². The summed E-state index contributed by atoms with van der Waals surface area (Å²) in [6.07, 6.45) is 0.570. The number of hydrogen-bond acceptors (Lipinski definition) is 3. The molecule has 0 amide bonds. The number of nitrogens with zero attached hydrogens (tertiary/aromatic N) is 1. The topological polar surface area (TPSA) is 50.1 Å². The summed E-state index contributed by atoms with van der Waals surface area (Å²) in [5, 5.41) is 9.04. The van der Waals surface area contributed by atoms with E-state index in [0.29, 0.717) is 6.42 Å². The minimum Gasteiger partial charge on any atom is -0.468 e. The van der Waals surface area contributed by atoms with Crippen molar-refractivity contribution >= 4 is 5.97 Å². The summed E-state index contributed by atoms with van der Waals surface area (Å²) < 4.78 is 4.66. The van der Waals surface area contributed by atoms with Gasteiger partial charge in [-0.1, -0.05) is 30.3 Å². The molecule has 0 unspecified atom stereocenters. The van der Waals surface area contributed by atoms with E-state index in [0.717, 1.165) is 5.56 Å². The monoisotopic (exact) mass is 201 g/mol. The van der Waals surface area contributed by atoms with Crippen LogP contribution in [0.1, 0.15) is 17.9 Å². The van der Waals surface area contributed by atoms with Crippen LogP contribution in [0.3, 0.4) is 0 Å². The molecule has 1 aliphatic rings. The minimum absolute atomic E-state index is 0.00356. The van der Waals surface area contributed by atoms with Gasteiger partial charge in [0.1, 0.15) is 0 Å². The molecule has 0 heterocycles. The Morgan fingerprint density at radius 1 is 1.53 bits per heavy atom. The predicted octanol–water partition coefficient (Wildman–Crippen LogP) is 1.86. The van der Waals surface area contributed by atoms with Crippen molar-refractivity contribution in [3.63, 3.8) is 0 Å². The highest BCUT2D eigenvalue weighted by atomic mass is 16.5. The molecule has 76 valence electrons. The molecular weight excluding hydrogens is 190 g/mol. The van der Waals surface area contributed by atoms with Crippen molar-refractivity contribution in [2.75, 3.05) is 7.11 Å². The number of benzene rings is 1. The molecule has 3 nitrogen and oxygen atoms in total. The average Bonchev–Trinajstić information content (AvgIpc) is 3.05. The summed E-state index contributed by atoms with van der Waals surface area (Å²) in [5.74, 6) is -0.421. The Bertz CT molecular complexity index is 421. The molecule has 0 radical (unpaired) electrons. The van der Waals surface area contributed by atoms with Crippen LogP contribution >= 0.6 is 0 Å². The van der Waals surface area contributed by atoms with Gasteiger partial charge in [0.15, 0.2) is 5.41 Å². The molecule has 0 aliphatic heterocycles. The van der Waals surface area contributed by atoms with Crippen LogP contribution in [0.2, 0.25) is 0 Å². The molecule has 1 fully saturated rings. The van der Waals surface area contributed by atoms with Gasteiger partial charge < -0.3 is 4.74 Å². The summed E-state index contributed by atoms with van der Waals surface area (Å²) in [7, 11) is 1.32. The Kier molecular flexibility index (Phi) is 2.20. The lowest BCUT2D eigenvalue weighted by Gasteiger charge is -2.05. The van der Waals surface area contributed by atoms with Crippen LogP contribution < -0.4 is 0 Å². The molecule has 0 saturated heterocycles. The number of hydrogen-bond donors (Lipinski definition) is 0. The first-order valence-corrected chi connectivity index (χ1v) is 4.79. The van der Waals surface area contributed by atoms with E-state index in [-0.39, 0.29) is 5.92 Å². The van der Waals surface area contributed by atoms with Crippen molar-refractivity contribution in [1.29, 1.82) is 5.26 Å². The molecule has 15 heavy (non-hydrogen) atoms. The summed E-state index contributed by atoms with van der Waals surface area (Å²) >= 11 is 0. The highest BCUT2D eigenvalue weighted by molar-refractivity contribution is 5.85. The van der Waals surface area contributed by atoms with Crippen molar-refractivity contribution < 1.29 is 9.53 Å². The van der Waals surface area contributed by atoms with Crippen molar-refractivity contribution in [3.05, 3.63) is 35.9 Å². The van der Waals surface area contributed by atoms with Gasteiger partial charge in [0.05, 0.1) is 13.2 Å². The first-order chi connectivity index (χ1) is 7.24. The second-order valence-electron chi connectivity index (χ2n) is 3.74. The van der Waals surface area contributed by atoms with E-state index in [4.69, 9.17) is 5.26 Å². The lowest BCUT2D eigenvalue weighted by Crippen LogP contribution is -2.17. The number of esters is 1. The SMILES string of the molecule is COC(=O)[C@]1(C#N)C[C@@H]1c1ccccc1. The second-order valence-corrected chi connectivity index (χ2v) is 3.74. The molecule has 1 aromatic rings. The van der Waals surface area contributed by atoms with E-state index < -0.39 is 11.4 Å². The van der Waals surface area contributed by atoms with E-state index in [1.54, 1.807) is 0 Å². The third-order valence-corrected chi connectivity index (χ3v) is 2.91. The number of rotatable bonds is 2. The molecular formula is C12H11NO2. The van der Waals surface area contributed by atoms with Crippen LogP contribution in [0.5, 0.6) is 0 Å². The smallest absolute Gasteiger partial charge is 0.326 e. The predicted molar refractivity (Wildman–Crippen MR) is 53.9 cm³/mol. The maximum atomic E-state index is 11.5. The summed E-state index contributed by atoms with van der Waals surface area (Å²) in [6.45, 7) is 0. The fourth-order valence-electron chi connectivity index (χ4n) is 1.93. The largest absolute Gasteiger partial charge is 0.468 e. The molecule has 0 spiro atoms. The average molecular weight is 201 g/mol. The van der Waals surface area contributed by atoms with Crippen molar-refractivity contribution in [1.82, 2.24) is 0 Å². The van der Waals surface area contributed by atoms with Crippen LogP contribution in [-0.2, 0) is 9.53 Å². The standard InChI is InChI=1S/C12H11NO2/c1-15-11(14)12(8-13)7-10(12)9-5-3-2-4-6-9/h2-6,10H,7H2,1H3/t10-,12+/m1/s1. The first-order valence-electron chi connectivity index (χ1n) is 4.79. The number of carbonyl (C=O) groups is 1. The molecule has 1 aliphatic carbocycles. The molecule has 0 aromatic heterocycles. The molecule has 0 N–H and O–H groups in total. The minimum atomic E-state index is -0.934. The van der Waals surface area contributed by atoms with Crippen molar-refractivity contribution in [3.8, 4) is 6.07 Å². The van der Waals surface area contributed by atoms with E-state index >= 15 is 0 Å². The number of methoxy groups -OCH3 is 1. The molecule has 2 rings (SSSR count). The van der Waals surface area contributed by atoms with Gasteiger partial charge >= 0.3 is 5.97 Å². The Morgan fingerprint density at radius 3 is 2.73 bits per heavy atom. The van der Waals surface area contributed by atoms with E-state index in [2.05, 4.69) is 10.8 Å². The number of carbonyl (C=O) groups excluding carboxylic acids is 1. The maximum Gasteiger partial charge on any atom is 0.326 e. The Labute approximate surface area is 88.3 Å². The number of ether oxygens (including phenoxy) is 1. The Morgan fingerprint density at radius 2 is 2.20 bits per heavy atom. The van der Waals surface area contributed by atoms with Crippen LogP contribution in [0.25, 0.3) is 0 Å². The zero-order chi connectivity index (χ0) is 10.9. The zero-order valence-electron chi connectivity index (χ0n) is 8.43. The van der Waals surface area contributed by atoms with Gasteiger partial charge in [-0.15, -0.1) is 0 Å². The van der Waals surface area contributed by atoms with Gasteiger partial charge in [-0.3, -0.25) is 4.79 Å². The lowest BCUT2D eigenvalue weighted by atomic mass is 10.0. The van der Waals surface area contributed by atoms with Crippen LogP contribution in [0.4, 0.5) is 0 Å². The van der Waals surface area contributed by atoms with Gasteiger partial charge in [0, 0.05) is 5.92 Å². The normalized spacial score (nSPS) is 27.9. The molecule has 0 bridgehead atoms. The highest BCUT2D eigenvalue weighted by Crippen LogP contribution is 2.59. The lowest BCUT2D eigenvalue weighted by molar-refractivity contribution is -0.144. The van der Waals surface area contributed by atoms with Crippen molar-refractivity contribution in [2.24, 2.45) is 5.41 Å². The quantitative estimate of drug-likeness (QED) is 0.686. The fraction of sp³-hybridized carbons (Fsp3) is 0.333. The second kappa shape index (κ2) is 3.39. The van der Waals surface area contributed by atoms with Gasteiger partial charge in [0.2, 0.25) is 0 Å².